The van der Waals surface area contributed by atoms with Gasteiger partial charge >= 0.3 is 12.0 Å². The highest BCUT2D eigenvalue weighted by molar-refractivity contribution is 6.36. The Morgan fingerprint density at radius 2 is 1.64 bits per heavy atom. The quantitative estimate of drug-likeness (QED) is 0.571. The minimum Gasteiger partial charge on any atom is -0.450 e. The molecule has 0 aliphatic carbocycles. The number of esters is 1. The fourth-order valence-electron chi connectivity index (χ4n) is 2.27. The van der Waals surface area contributed by atoms with E-state index in [1.807, 2.05) is 5.32 Å². The van der Waals surface area contributed by atoms with Crippen molar-refractivity contribution in [3.63, 3.8) is 0 Å². The molecular formula is C18H23Cl2N3O5. The molecule has 0 saturated heterocycles. The van der Waals surface area contributed by atoms with Crippen LogP contribution in [0.4, 0.5) is 4.79 Å². The number of imide groups is 1. The van der Waals surface area contributed by atoms with Crippen molar-refractivity contribution in [2.75, 3.05) is 0 Å². The number of nitrogens with one attached hydrogen (secondary N) is 2. The molecule has 1 rings (SSSR count). The summed E-state index contributed by atoms with van der Waals surface area (Å²) in [5, 5.41) is 4.92. The van der Waals surface area contributed by atoms with Crippen LogP contribution >= 0.6 is 23.2 Å². The number of benzene rings is 1. The Balaban J connectivity index is 2.97. The van der Waals surface area contributed by atoms with Gasteiger partial charge in [-0.25, -0.2) is 9.59 Å². The molecule has 2 atom stereocenters. The van der Waals surface area contributed by atoms with Gasteiger partial charge in [-0.1, -0.05) is 50.9 Å². The van der Waals surface area contributed by atoms with Crippen LogP contribution in [0.15, 0.2) is 18.2 Å². The minimum atomic E-state index is -1.25. The molecule has 1 aromatic carbocycles. The van der Waals surface area contributed by atoms with E-state index in [-0.39, 0.29) is 16.5 Å². The number of nitrogens with two attached hydrogens (primary N) is 1. The number of primary amides is 1. The summed E-state index contributed by atoms with van der Waals surface area (Å²) in [6.07, 6.45) is -1.25. The first-order valence-corrected chi connectivity index (χ1v) is 9.26. The number of amides is 4. The molecule has 1 aromatic rings. The topological polar surface area (TPSA) is 128 Å². The number of rotatable bonds is 7. The van der Waals surface area contributed by atoms with Crippen LogP contribution in [-0.4, -0.2) is 36.0 Å². The zero-order valence-electron chi connectivity index (χ0n) is 15.9. The van der Waals surface area contributed by atoms with Crippen LogP contribution in [0.1, 0.15) is 38.1 Å². The zero-order valence-corrected chi connectivity index (χ0v) is 17.4. The van der Waals surface area contributed by atoms with Crippen LogP contribution in [0.2, 0.25) is 10.0 Å². The number of ether oxygens (including phenoxy) is 1. The monoisotopic (exact) mass is 431 g/mol. The molecule has 1 unspecified atom stereocenters. The SMILES string of the molecule is CC(C)C(OC(=O)[C@@H](NC(=O)c1ccc(Cl)cc1Cl)C(C)C)C(=O)NC(N)=O. The van der Waals surface area contributed by atoms with Crippen molar-refractivity contribution in [1.82, 2.24) is 10.6 Å². The smallest absolute Gasteiger partial charge is 0.329 e. The Morgan fingerprint density at radius 3 is 2.11 bits per heavy atom. The van der Waals surface area contributed by atoms with Gasteiger partial charge in [0.2, 0.25) is 0 Å². The number of carbonyl (C=O) groups excluding carboxylic acids is 4. The fourth-order valence-corrected chi connectivity index (χ4v) is 2.77. The summed E-state index contributed by atoms with van der Waals surface area (Å²) < 4.78 is 5.26. The second kappa shape index (κ2) is 10.3. The van der Waals surface area contributed by atoms with Crippen molar-refractivity contribution in [2.24, 2.45) is 17.6 Å². The van der Waals surface area contributed by atoms with Crippen molar-refractivity contribution in [2.45, 2.75) is 39.8 Å². The zero-order chi connectivity index (χ0) is 21.6. The van der Waals surface area contributed by atoms with Crippen LogP contribution in [-0.2, 0) is 14.3 Å². The third-order valence-corrected chi connectivity index (χ3v) is 4.28. The summed E-state index contributed by atoms with van der Waals surface area (Å²) in [5.41, 5.74) is 5.07. The highest BCUT2D eigenvalue weighted by Gasteiger charge is 2.33. The normalized spacial score (nSPS) is 13.0. The molecule has 4 N–H and O–H groups in total. The molecule has 0 aliphatic rings. The van der Waals surface area contributed by atoms with Crippen LogP contribution in [0, 0.1) is 11.8 Å². The third kappa shape index (κ3) is 6.69. The average Bonchev–Trinajstić information content (AvgIpc) is 2.55. The summed E-state index contributed by atoms with van der Waals surface area (Å²) >= 11 is 11.8. The van der Waals surface area contributed by atoms with Gasteiger partial charge in [-0.2, -0.15) is 0 Å². The summed E-state index contributed by atoms with van der Waals surface area (Å²) in [4.78, 5) is 48.0. The molecule has 0 spiro atoms. The van der Waals surface area contributed by atoms with Crippen molar-refractivity contribution in [3.8, 4) is 0 Å². The molecule has 4 amide bonds. The second-order valence-electron chi connectivity index (χ2n) is 6.77. The number of hydrogen-bond donors (Lipinski definition) is 3. The first-order chi connectivity index (χ1) is 12.9. The lowest BCUT2D eigenvalue weighted by Gasteiger charge is -2.25. The van der Waals surface area contributed by atoms with E-state index in [1.54, 1.807) is 27.7 Å². The van der Waals surface area contributed by atoms with Gasteiger partial charge in [-0.3, -0.25) is 14.9 Å². The Kier molecular flexibility index (Phi) is 8.71. The Hall–Kier alpha value is -2.32. The molecule has 10 heteroatoms. The summed E-state index contributed by atoms with van der Waals surface area (Å²) in [5.74, 6) is -3.05. The largest absolute Gasteiger partial charge is 0.450 e. The van der Waals surface area contributed by atoms with Gasteiger partial charge in [0, 0.05) is 5.02 Å². The van der Waals surface area contributed by atoms with Crippen LogP contribution in [0.5, 0.6) is 0 Å². The van der Waals surface area contributed by atoms with E-state index in [2.05, 4.69) is 5.32 Å². The van der Waals surface area contributed by atoms with Crippen molar-refractivity contribution in [1.29, 1.82) is 0 Å². The van der Waals surface area contributed by atoms with Crippen LogP contribution in [0.25, 0.3) is 0 Å². The Labute approximate surface area is 173 Å². The predicted octanol–water partition coefficient (Wildman–Crippen LogP) is 2.51. The van der Waals surface area contributed by atoms with E-state index >= 15 is 0 Å². The molecule has 0 heterocycles. The Bertz CT molecular complexity index is 768. The van der Waals surface area contributed by atoms with Gasteiger partial charge < -0.3 is 15.8 Å². The van der Waals surface area contributed by atoms with Crippen LogP contribution in [0.3, 0.4) is 0 Å². The molecule has 154 valence electrons. The van der Waals surface area contributed by atoms with E-state index < -0.39 is 41.9 Å². The standard InChI is InChI=1S/C18H23Cl2N3O5/c1-8(2)13(22-15(24)11-6-5-10(19)7-12(11)20)17(26)28-14(9(3)4)16(25)23-18(21)27/h5-9,13-14H,1-4H3,(H,22,24)(H3,21,23,25,27)/t13-,14?/m0/s1. The summed E-state index contributed by atoms with van der Waals surface area (Å²) in [6, 6.07) is 2.22. The molecule has 0 saturated carbocycles. The lowest BCUT2D eigenvalue weighted by Crippen LogP contribution is -2.50. The number of carbonyl (C=O) groups is 4. The number of hydrogen-bond acceptors (Lipinski definition) is 5. The van der Waals surface area contributed by atoms with Gasteiger partial charge in [0.15, 0.2) is 6.10 Å². The van der Waals surface area contributed by atoms with E-state index in [0.29, 0.717) is 5.02 Å². The maximum atomic E-state index is 12.6. The van der Waals surface area contributed by atoms with E-state index in [0.717, 1.165) is 0 Å². The molecule has 0 bridgehead atoms. The van der Waals surface area contributed by atoms with Gasteiger partial charge in [0.1, 0.15) is 6.04 Å². The van der Waals surface area contributed by atoms with E-state index in [4.69, 9.17) is 33.7 Å². The lowest BCUT2D eigenvalue weighted by molar-refractivity contribution is -0.161. The minimum absolute atomic E-state index is 0.127. The van der Waals surface area contributed by atoms with Crippen LogP contribution < -0.4 is 16.4 Å². The predicted molar refractivity (Wildman–Crippen MR) is 105 cm³/mol. The molecule has 8 nitrogen and oxygen atoms in total. The number of urea groups is 1. The molecule has 28 heavy (non-hydrogen) atoms. The van der Waals surface area contributed by atoms with E-state index in [9.17, 15) is 19.2 Å². The van der Waals surface area contributed by atoms with Gasteiger partial charge in [-0.15, -0.1) is 0 Å². The maximum absolute atomic E-state index is 12.6. The highest BCUT2D eigenvalue weighted by Crippen LogP contribution is 2.21. The molecular weight excluding hydrogens is 409 g/mol. The number of halogens is 2. The fraction of sp³-hybridized carbons (Fsp3) is 0.444. The van der Waals surface area contributed by atoms with Gasteiger partial charge in [0.05, 0.1) is 10.6 Å². The maximum Gasteiger partial charge on any atom is 0.329 e. The van der Waals surface area contributed by atoms with Gasteiger partial charge in [-0.05, 0) is 30.0 Å². The summed E-state index contributed by atoms with van der Waals surface area (Å²) in [6.45, 7) is 6.66. The second-order valence-corrected chi connectivity index (χ2v) is 7.62. The molecule has 0 aromatic heterocycles. The first kappa shape index (κ1) is 23.7. The summed E-state index contributed by atoms with van der Waals surface area (Å²) in [7, 11) is 0. The third-order valence-electron chi connectivity index (χ3n) is 3.74. The Morgan fingerprint density at radius 1 is 1.04 bits per heavy atom. The van der Waals surface area contributed by atoms with Gasteiger partial charge in [0.25, 0.3) is 11.8 Å². The lowest BCUT2D eigenvalue weighted by atomic mass is 10.0. The molecule has 0 fully saturated rings. The van der Waals surface area contributed by atoms with Crippen molar-refractivity contribution < 1.29 is 23.9 Å². The average molecular weight is 432 g/mol. The van der Waals surface area contributed by atoms with Crippen molar-refractivity contribution in [3.05, 3.63) is 33.8 Å². The molecule has 0 aliphatic heterocycles. The van der Waals surface area contributed by atoms with E-state index in [1.165, 1.54) is 18.2 Å². The van der Waals surface area contributed by atoms with Crippen molar-refractivity contribution >= 4 is 47.0 Å². The highest BCUT2D eigenvalue weighted by atomic mass is 35.5. The molecule has 0 radical (unpaired) electrons. The first-order valence-electron chi connectivity index (χ1n) is 8.50.